The van der Waals surface area contributed by atoms with Crippen molar-refractivity contribution in [3.63, 3.8) is 0 Å². The molecule has 232 valence electrons. The molecule has 0 aliphatic carbocycles. The van der Waals surface area contributed by atoms with Crippen LogP contribution in [0, 0.1) is 5.92 Å². The molecule has 0 spiro atoms. The van der Waals surface area contributed by atoms with Crippen molar-refractivity contribution in [1.29, 1.82) is 0 Å². The van der Waals surface area contributed by atoms with Crippen molar-refractivity contribution in [3.8, 4) is 5.75 Å². The Morgan fingerprint density at radius 3 is 2.60 bits per heavy atom. The van der Waals surface area contributed by atoms with Crippen molar-refractivity contribution in [2.75, 3.05) is 51.0 Å². The zero-order chi connectivity index (χ0) is 30.9. The molecular formula is C34H46N4O5. The van der Waals surface area contributed by atoms with Crippen LogP contribution in [0.25, 0.3) is 10.8 Å². The van der Waals surface area contributed by atoms with Gasteiger partial charge in [0.1, 0.15) is 5.75 Å². The highest BCUT2D eigenvalue weighted by molar-refractivity contribution is 6.07. The summed E-state index contributed by atoms with van der Waals surface area (Å²) in [5.74, 6) is 0.201. The predicted molar refractivity (Wildman–Crippen MR) is 172 cm³/mol. The van der Waals surface area contributed by atoms with Gasteiger partial charge in [0.2, 0.25) is 0 Å². The normalized spacial score (nSPS) is 21.0. The highest BCUT2D eigenvalue weighted by atomic mass is 16.5. The number of hydrogen-bond acceptors (Lipinski definition) is 6. The summed E-state index contributed by atoms with van der Waals surface area (Å²) in [6.45, 7) is 7.49. The lowest BCUT2D eigenvalue weighted by Gasteiger charge is -2.35. The summed E-state index contributed by atoms with van der Waals surface area (Å²) in [7, 11) is 4.03. The zero-order valence-corrected chi connectivity index (χ0v) is 26.0. The number of likely N-dealkylation sites (N-methyl/N-ethyl adjacent to an activating group) is 1. The second kappa shape index (κ2) is 15.2. The summed E-state index contributed by atoms with van der Waals surface area (Å²) in [5, 5.41) is 17.9. The summed E-state index contributed by atoms with van der Waals surface area (Å²) in [6.07, 6.45) is 2.48. The van der Waals surface area contributed by atoms with Crippen LogP contribution in [-0.2, 0) is 4.74 Å². The maximum atomic E-state index is 14.2. The summed E-state index contributed by atoms with van der Waals surface area (Å²) in [6, 6.07) is 17.9. The molecule has 9 nitrogen and oxygen atoms in total. The second-order valence-corrected chi connectivity index (χ2v) is 11.9. The van der Waals surface area contributed by atoms with Gasteiger partial charge in [-0.15, -0.1) is 0 Å². The van der Waals surface area contributed by atoms with Crippen LogP contribution in [0.5, 0.6) is 5.75 Å². The van der Waals surface area contributed by atoms with Gasteiger partial charge >= 0.3 is 6.03 Å². The van der Waals surface area contributed by atoms with E-state index in [2.05, 4.69) is 22.5 Å². The zero-order valence-electron chi connectivity index (χ0n) is 26.0. The van der Waals surface area contributed by atoms with Gasteiger partial charge in [0.05, 0.1) is 36.1 Å². The molecule has 0 fully saturated rings. The van der Waals surface area contributed by atoms with Gasteiger partial charge in [0.15, 0.2) is 0 Å². The molecule has 0 unspecified atom stereocenters. The second-order valence-electron chi connectivity index (χ2n) is 11.9. The quantitative estimate of drug-likeness (QED) is 0.333. The van der Waals surface area contributed by atoms with Crippen LogP contribution in [0.3, 0.4) is 0 Å². The number of nitrogens with zero attached hydrogens (tertiary/aromatic N) is 2. The molecule has 4 atom stereocenters. The van der Waals surface area contributed by atoms with Crippen LogP contribution in [0.4, 0.5) is 16.2 Å². The maximum Gasteiger partial charge on any atom is 0.323 e. The first kappa shape index (κ1) is 32.3. The number of nitrogens with one attached hydrogen (secondary N) is 2. The topological polar surface area (TPSA) is 103 Å². The van der Waals surface area contributed by atoms with Gasteiger partial charge in [-0.05, 0) is 76.9 Å². The van der Waals surface area contributed by atoms with Crippen molar-refractivity contribution in [2.24, 2.45) is 5.92 Å². The SMILES string of the molecule is C[C@@H]1CN([C@H](C)CO)C(=O)c2cc(NC(=O)Nc3cccc4ccccc34)ccc2O[C@@H](C)CCCCO[C@H]1CN(C)C. The third-order valence-electron chi connectivity index (χ3n) is 7.89. The minimum Gasteiger partial charge on any atom is -0.490 e. The third kappa shape index (κ3) is 8.69. The molecular weight excluding hydrogens is 544 g/mol. The molecule has 0 saturated heterocycles. The Morgan fingerprint density at radius 2 is 1.84 bits per heavy atom. The Kier molecular flexibility index (Phi) is 11.4. The minimum atomic E-state index is -0.431. The fraction of sp³-hybridized carbons (Fsp3) is 0.471. The van der Waals surface area contributed by atoms with Gasteiger partial charge in [0, 0.05) is 36.7 Å². The van der Waals surface area contributed by atoms with Crippen molar-refractivity contribution in [2.45, 2.75) is 58.3 Å². The van der Waals surface area contributed by atoms with Gasteiger partial charge in [0.25, 0.3) is 5.91 Å². The number of ether oxygens (including phenoxy) is 2. The summed E-state index contributed by atoms with van der Waals surface area (Å²) >= 11 is 0. The molecule has 0 bridgehead atoms. The van der Waals surface area contributed by atoms with Crippen LogP contribution in [0.2, 0.25) is 0 Å². The molecule has 3 amide bonds. The number of fused-ring (bicyclic) bond motifs is 2. The summed E-state index contributed by atoms with van der Waals surface area (Å²) in [4.78, 5) is 31.1. The van der Waals surface area contributed by atoms with E-state index in [1.807, 2.05) is 70.4 Å². The molecule has 3 aromatic carbocycles. The van der Waals surface area contributed by atoms with Gasteiger partial charge in [-0.25, -0.2) is 4.79 Å². The van der Waals surface area contributed by atoms with E-state index in [9.17, 15) is 14.7 Å². The lowest BCUT2D eigenvalue weighted by molar-refractivity contribution is -0.0137. The average molecular weight is 591 g/mol. The fourth-order valence-corrected chi connectivity index (χ4v) is 5.44. The molecule has 43 heavy (non-hydrogen) atoms. The highest BCUT2D eigenvalue weighted by Crippen LogP contribution is 2.29. The number of anilines is 2. The van der Waals surface area contributed by atoms with Crippen LogP contribution in [0.15, 0.2) is 60.7 Å². The number of hydrogen-bond donors (Lipinski definition) is 3. The molecule has 1 heterocycles. The first-order chi connectivity index (χ1) is 20.7. The molecule has 4 rings (SSSR count). The van der Waals surface area contributed by atoms with E-state index in [1.165, 1.54) is 0 Å². The Labute approximate surface area is 255 Å². The fourth-order valence-electron chi connectivity index (χ4n) is 5.44. The monoisotopic (exact) mass is 590 g/mol. The molecule has 3 N–H and O–H groups in total. The number of urea groups is 1. The number of carbonyl (C=O) groups excluding carboxylic acids is 2. The van der Waals surface area contributed by atoms with E-state index in [0.717, 1.165) is 36.6 Å². The van der Waals surface area contributed by atoms with E-state index in [-0.39, 0.29) is 30.6 Å². The van der Waals surface area contributed by atoms with E-state index in [4.69, 9.17) is 9.47 Å². The Bertz CT molecular complexity index is 1370. The number of aliphatic hydroxyl groups excluding tert-OH is 1. The van der Waals surface area contributed by atoms with Crippen LogP contribution < -0.4 is 15.4 Å². The smallest absolute Gasteiger partial charge is 0.323 e. The number of carbonyl (C=O) groups is 2. The number of amides is 3. The number of benzene rings is 3. The maximum absolute atomic E-state index is 14.2. The number of rotatable bonds is 6. The van der Waals surface area contributed by atoms with Crippen molar-refractivity contribution in [3.05, 3.63) is 66.2 Å². The van der Waals surface area contributed by atoms with Crippen LogP contribution in [-0.4, -0.2) is 85.5 Å². The standard InChI is InChI=1S/C34H46N4O5/c1-23-20-38(24(2)22-39)33(40)29-19-27(35-34(41)36-30-15-10-13-26-12-6-7-14-28(26)30)16-17-31(29)43-25(3)11-8-9-18-42-32(23)21-37(4)5/h6-7,10,12-17,19,23-25,32,39H,8-9,11,18,20-22H2,1-5H3,(H2,35,36,41)/t23-,24-,25+,32+/m1/s1. The Morgan fingerprint density at radius 1 is 1.07 bits per heavy atom. The van der Waals surface area contributed by atoms with Gasteiger partial charge in [-0.1, -0.05) is 43.3 Å². The van der Waals surface area contributed by atoms with E-state index in [1.54, 1.807) is 23.1 Å². The number of aliphatic hydroxyl groups is 1. The van der Waals surface area contributed by atoms with Crippen molar-refractivity contribution < 1.29 is 24.2 Å². The molecule has 0 radical (unpaired) electrons. The summed E-state index contributed by atoms with van der Waals surface area (Å²) < 4.78 is 12.6. The lowest BCUT2D eigenvalue weighted by atomic mass is 10.0. The van der Waals surface area contributed by atoms with Crippen LogP contribution >= 0.6 is 0 Å². The van der Waals surface area contributed by atoms with Crippen molar-refractivity contribution >= 4 is 34.1 Å². The van der Waals surface area contributed by atoms with E-state index in [0.29, 0.717) is 35.8 Å². The van der Waals surface area contributed by atoms with Crippen LogP contribution in [0.1, 0.15) is 50.4 Å². The minimum absolute atomic E-state index is 0.0133. The van der Waals surface area contributed by atoms with E-state index >= 15 is 0 Å². The molecule has 9 heteroatoms. The van der Waals surface area contributed by atoms with Gasteiger partial charge in [-0.3, -0.25) is 4.79 Å². The summed E-state index contributed by atoms with van der Waals surface area (Å²) in [5.41, 5.74) is 1.48. The lowest BCUT2D eigenvalue weighted by Crippen LogP contribution is -2.47. The Hall–Kier alpha value is -3.66. The first-order valence-electron chi connectivity index (χ1n) is 15.2. The molecule has 3 aromatic rings. The Balaban J connectivity index is 1.63. The molecule has 1 aliphatic heterocycles. The molecule has 1 aliphatic rings. The predicted octanol–water partition coefficient (Wildman–Crippen LogP) is 5.84. The molecule has 0 saturated carbocycles. The van der Waals surface area contributed by atoms with Crippen molar-refractivity contribution in [1.82, 2.24) is 9.80 Å². The molecule has 0 aromatic heterocycles. The van der Waals surface area contributed by atoms with E-state index < -0.39 is 12.1 Å². The van der Waals surface area contributed by atoms with Gasteiger partial charge in [-0.2, -0.15) is 0 Å². The third-order valence-corrected chi connectivity index (χ3v) is 7.89. The average Bonchev–Trinajstić information content (AvgIpc) is 2.98. The first-order valence-corrected chi connectivity index (χ1v) is 15.2. The van der Waals surface area contributed by atoms with Gasteiger partial charge < -0.3 is 35.0 Å². The largest absolute Gasteiger partial charge is 0.490 e. The highest BCUT2D eigenvalue weighted by Gasteiger charge is 2.30.